The van der Waals surface area contributed by atoms with Crippen molar-refractivity contribution in [3.63, 3.8) is 0 Å². The molecule has 1 nitrogen and oxygen atoms in total. The van der Waals surface area contributed by atoms with E-state index >= 15 is 0 Å². The number of carbonyl (C=O) groups excluding carboxylic acids is 1. The molecule has 0 bridgehead atoms. The van der Waals surface area contributed by atoms with E-state index in [0.29, 0.717) is 0 Å². The minimum Gasteiger partial charge on any atom is -0.289 e. The van der Waals surface area contributed by atoms with Crippen LogP contribution in [0.1, 0.15) is 15.9 Å². The third-order valence-corrected chi connectivity index (χ3v) is 5.94. The third-order valence-electron chi connectivity index (χ3n) is 5.03. The molecule has 4 aromatic carbocycles. The second-order valence-electron chi connectivity index (χ2n) is 7.22. The summed E-state index contributed by atoms with van der Waals surface area (Å²) in [5, 5.41) is 0. The number of rotatable bonds is 4. The van der Waals surface area contributed by atoms with Gasteiger partial charge in [0.15, 0.2) is 29.1 Å². The summed E-state index contributed by atoms with van der Waals surface area (Å²) < 4.78 is 85.5. The van der Waals surface area contributed by atoms with Crippen LogP contribution in [0.25, 0.3) is 22.3 Å². The summed E-state index contributed by atoms with van der Waals surface area (Å²) in [7, 11) is 0. The van der Waals surface area contributed by atoms with Crippen molar-refractivity contribution in [2.75, 3.05) is 0 Å². The maximum atomic E-state index is 14.7. The number of benzene rings is 4. The average molecular weight is 600 g/mol. The first-order valence-electron chi connectivity index (χ1n) is 9.50. The second-order valence-corrected chi connectivity index (χ2v) is 9.05. The molecule has 4 rings (SSSR count). The number of hydrogen-bond acceptors (Lipinski definition) is 1. The molecule has 0 fully saturated rings. The molecule has 0 aliphatic carbocycles. The molecule has 0 atom stereocenters. The van der Waals surface area contributed by atoms with Crippen molar-refractivity contribution in [1.82, 2.24) is 0 Å². The zero-order valence-electron chi connectivity index (χ0n) is 16.7. The maximum Gasteiger partial charge on any atom is 0.193 e. The first-order chi connectivity index (χ1) is 16.1. The van der Waals surface area contributed by atoms with Crippen LogP contribution in [0, 0.1) is 34.9 Å². The molecule has 0 aliphatic rings. The van der Waals surface area contributed by atoms with Crippen LogP contribution in [-0.2, 0) is 0 Å². The molecule has 0 saturated carbocycles. The van der Waals surface area contributed by atoms with Crippen molar-refractivity contribution in [2.24, 2.45) is 0 Å². The van der Waals surface area contributed by atoms with Crippen molar-refractivity contribution >= 4 is 37.6 Å². The topological polar surface area (TPSA) is 17.1 Å². The van der Waals surface area contributed by atoms with Crippen LogP contribution in [0.5, 0.6) is 0 Å². The molecule has 0 heterocycles. The van der Waals surface area contributed by atoms with Crippen LogP contribution in [0.2, 0.25) is 0 Å². The molecule has 0 radical (unpaired) electrons. The Morgan fingerprint density at radius 3 is 1.24 bits per heavy atom. The molecule has 0 aromatic heterocycles. The van der Waals surface area contributed by atoms with Gasteiger partial charge in [-0.3, -0.25) is 4.79 Å². The SMILES string of the molecule is O=C(c1ccc(-c2cc(Br)cc(F)c2F)c(F)c1)c1ccc(-c2cc(Br)cc(F)c2F)c(F)c1. The highest BCUT2D eigenvalue weighted by Gasteiger charge is 2.20. The van der Waals surface area contributed by atoms with E-state index in [4.69, 9.17) is 0 Å². The Morgan fingerprint density at radius 1 is 0.500 bits per heavy atom. The van der Waals surface area contributed by atoms with E-state index in [1.807, 2.05) is 0 Å². The zero-order valence-corrected chi connectivity index (χ0v) is 19.9. The summed E-state index contributed by atoms with van der Waals surface area (Å²) in [5.41, 5.74) is -1.59. The Bertz CT molecular complexity index is 1360. The van der Waals surface area contributed by atoms with Crippen LogP contribution in [0.4, 0.5) is 26.3 Å². The quantitative estimate of drug-likeness (QED) is 0.130. The maximum absolute atomic E-state index is 14.7. The lowest BCUT2D eigenvalue weighted by molar-refractivity contribution is 0.103. The van der Waals surface area contributed by atoms with Gasteiger partial charge in [-0.1, -0.05) is 56.1 Å². The summed E-state index contributed by atoms with van der Waals surface area (Å²) in [5.74, 6) is -7.62. The molecule has 172 valence electrons. The number of ketones is 1. The summed E-state index contributed by atoms with van der Waals surface area (Å²) in [6.45, 7) is 0. The van der Waals surface area contributed by atoms with Crippen LogP contribution in [-0.4, -0.2) is 5.78 Å². The Labute approximate surface area is 206 Å². The largest absolute Gasteiger partial charge is 0.289 e. The van der Waals surface area contributed by atoms with Gasteiger partial charge in [0.25, 0.3) is 0 Å². The van der Waals surface area contributed by atoms with Gasteiger partial charge >= 0.3 is 0 Å². The normalized spacial score (nSPS) is 11.1. The van der Waals surface area contributed by atoms with Crippen molar-refractivity contribution in [3.05, 3.63) is 116 Å². The third kappa shape index (κ3) is 4.54. The highest BCUT2D eigenvalue weighted by atomic mass is 79.9. The van der Waals surface area contributed by atoms with Gasteiger partial charge in [-0.05, 0) is 36.4 Å². The highest BCUT2D eigenvalue weighted by molar-refractivity contribution is 9.10. The summed E-state index contributed by atoms with van der Waals surface area (Å²) in [4.78, 5) is 12.8. The summed E-state index contributed by atoms with van der Waals surface area (Å²) >= 11 is 6.03. The van der Waals surface area contributed by atoms with Gasteiger partial charge in [-0.2, -0.15) is 0 Å². The Balaban J connectivity index is 1.69. The number of hydrogen-bond donors (Lipinski definition) is 0. The van der Waals surface area contributed by atoms with Crippen molar-refractivity contribution < 1.29 is 31.1 Å². The molecule has 34 heavy (non-hydrogen) atoms. The van der Waals surface area contributed by atoms with Gasteiger partial charge in [-0.15, -0.1) is 0 Å². The van der Waals surface area contributed by atoms with Gasteiger partial charge in [0, 0.05) is 42.3 Å². The van der Waals surface area contributed by atoms with E-state index in [0.717, 1.165) is 36.4 Å². The summed E-state index contributed by atoms with van der Waals surface area (Å²) in [6, 6.07) is 10.4. The van der Waals surface area contributed by atoms with Gasteiger partial charge < -0.3 is 0 Å². The molecule has 0 N–H and O–H groups in total. The van der Waals surface area contributed by atoms with E-state index in [2.05, 4.69) is 31.9 Å². The predicted molar refractivity (Wildman–Crippen MR) is 122 cm³/mol. The predicted octanol–water partition coefficient (Wildman–Crippen LogP) is 8.61. The van der Waals surface area contributed by atoms with Crippen molar-refractivity contribution in [3.8, 4) is 22.3 Å². The monoisotopic (exact) mass is 598 g/mol. The second kappa shape index (κ2) is 9.38. The molecule has 0 amide bonds. The highest BCUT2D eigenvalue weighted by Crippen LogP contribution is 2.33. The molecular formula is C25H10Br2F6O. The van der Waals surface area contributed by atoms with Gasteiger partial charge in [0.05, 0.1) is 0 Å². The molecule has 0 aliphatic heterocycles. The average Bonchev–Trinajstić information content (AvgIpc) is 2.78. The van der Waals surface area contributed by atoms with Crippen LogP contribution in [0.15, 0.2) is 69.6 Å². The standard InChI is InChI=1S/C25H10Br2F6O/c26-13-7-17(23(32)21(30)9-13)15-3-1-11(5-19(15)28)25(34)12-2-4-16(20(29)6-12)18-8-14(27)10-22(31)24(18)33/h1-10H. The van der Waals surface area contributed by atoms with E-state index in [9.17, 15) is 31.1 Å². The van der Waals surface area contributed by atoms with E-state index < -0.39 is 40.7 Å². The lowest BCUT2D eigenvalue weighted by Gasteiger charge is -2.10. The summed E-state index contributed by atoms with van der Waals surface area (Å²) in [6.07, 6.45) is 0. The lowest BCUT2D eigenvalue weighted by atomic mass is 9.96. The van der Waals surface area contributed by atoms with Crippen LogP contribution in [0.3, 0.4) is 0 Å². The van der Waals surface area contributed by atoms with Gasteiger partial charge in [0.1, 0.15) is 11.6 Å². The first kappa shape index (κ1) is 24.2. The number of carbonyl (C=O) groups is 1. The van der Waals surface area contributed by atoms with E-state index in [1.165, 1.54) is 24.3 Å². The Kier molecular flexibility index (Phi) is 6.69. The fraction of sp³-hybridized carbons (Fsp3) is 0. The minimum atomic E-state index is -1.25. The number of halogens is 8. The zero-order chi connectivity index (χ0) is 24.7. The molecule has 9 heteroatoms. The van der Waals surface area contributed by atoms with E-state index in [-0.39, 0.29) is 42.3 Å². The van der Waals surface area contributed by atoms with Gasteiger partial charge in [0.2, 0.25) is 0 Å². The molecular weight excluding hydrogens is 590 g/mol. The van der Waals surface area contributed by atoms with Crippen molar-refractivity contribution in [1.29, 1.82) is 0 Å². The van der Waals surface area contributed by atoms with Crippen molar-refractivity contribution in [2.45, 2.75) is 0 Å². The molecule has 0 saturated heterocycles. The smallest absolute Gasteiger partial charge is 0.193 e. The Hall–Kier alpha value is -2.91. The van der Waals surface area contributed by atoms with Crippen LogP contribution >= 0.6 is 31.9 Å². The van der Waals surface area contributed by atoms with Crippen LogP contribution < -0.4 is 0 Å². The molecule has 4 aromatic rings. The fourth-order valence-electron chi connectivity index (χ4n) is 3.42. The fourth-order valence-corrected chi connectivity index (χ4v) is 4.28. The Morgan fingerprint density at radius 2 is 0.882 bits per heavy atom. The van der Waals surface area contributed by atoms with Gasteiger partial charge in [-0.25, -0.2) is 26.3 Å². The molecule has 0 spiro atoms. The lowest BCUT2D eigenvalue weighted by Crippen LogP contribution is -2.04. The van der Waals surface area contributed by atoms with E-state index in [1.54, 1.807) is 0 Å². The molecule has 0 unspecified atom stereocenters. The minimum absolute atomic E-state index is 0.177. The first-order valence-corrected chi connectivity index (χ1v) is 11.1.